The fourth-order valence-corrected chi connectivity index (χ4v) is 0.792. The maximum absolute atomic E-state index is 10.3. The Balaban J connectivity index is 3.71. The first-order chi connectivity index (χ1) is 5.07. The molecule has 1 unspecified atom stereocenters. The van der Waals surface area contributed by atoms with E-state index < -0.39 is 5.97 Å². The molecule has 0 aliphatic rings. The molecule has 0 bridgehead atoms. The maximum Gasteiger partial charge on any atom is 0.304 e. The highest BCUT2D eigenvalue weighted by Crippen LogP contribution is 1.99. The average molecular weight is 157 g/mol. The number of carboxylic acid groups (broad SMARTS) is 1. The van der Waals surface area contributed by atoms with Crippen LogP contribution in [0.5, 0.6) is 0 Å². The Hall–Kier alpha value is -0.830. The van der Waals surface area contributed by atoms with Crippen LogP contribution < -0.4 is 0 Å². The van der Waals surface area contributed by atoms with Crippen molar-refractivity contribution < 1.29 is 9.90 Å². The maximum atomic E-state index is 10.3. The van der Waals surface area contributed by atoms with Gasteiger partial charge in [0.25, 0.3) is 0 Å². The summed E-state index contributed by atoms with van der Waals surface area (Å²) in [5.74, 6) is -0.756. The van der Waals surface area contributed by atoms with Crippen molar-refractivity contribution in [2.24, 2.45) is 0 Å². The summed E-state index contributed by atoms with van der Waals surface area (Å²) in [6.45, 7) is 6.19. The Morgan fingerprint density at radius 2 is 2.36 bits per heavy atom. The number of nitrogens with zero attached hydrogens (tertiary/aromatic N) is 1. The number of likely N-dealkylation sites (N-methyl/N-ethyl adjacent to an activating group) is 1. The van der Waals surface area contributed by atoms with Gasteiger partial charge in [-0.3, -0.25) is 9.69 Å². The third-order valence-electron chi connectivity index (χ3n) is 1.64. The number of rotatable bonds is 5. The van der Waals surface area contributed by atoms with Crippen LogP contribution in [-0.4, -0.2) is 35.6 Å². The van der Waals surface area contributed by atoms with Gasteiger partial charge in [0.1, 0.15) is 0 Å². The molecule has 1 N–H and O–H groups in total. The molecular formula is C8H15NO2. The van der Waals surface area contributed by atoms with Gasteiger partial charge in [0, 0.05) is 12.6 Å². The minimum atomic E-state index is -0.756. The van der Waals surface area contributed by atoms with E-state index in [1.807, 2.05) is 18.9 Å². The zero-order valence-electron chi connectivity index (χ0n) is 7.08. The van der Waals surface area contributed by atoms with E-state index in [1.54, 1.807) is 6.08 Å². The highest BCUT2D eigenvalue weighted by Gasteiger charge is 2.10. The smallest absolute Gasteiger partial charge is 0.304 e. The summed E-state index contributed by atoms with van der Waals surface area (Å²) in [6, 6.07) is 0.0745. The van der Waals surface area contributed by atoms with Crippen molar-refractivity contribution in [3.63, 3.8) is 0 Å². The van der Waals surface area contributed by atoms with Gasteiger partial charge in [-0.15, -0.1) is 6.58 Å². The quantitative estimate of drug-likeness (QED) is 0.604. The molecule has 0 saturated heterocycles. The monoisotopic (exact) mass is 157 g/mol. The first-order valence-corrected chi connectivity index (χ1v) is 3.61. The van der Waals surface area contributed by atoms with Gasteiger partial charge in [0.2, 0.25) is 0 Å². The molecule has 0 rings (SSSR count). The van der Waals surface area contributed by atoms with Crippen LogP contribution in [0, 0.1) is 0 Å². The molecule has 0 aromatic heterocycles. The molecule has 0 radical (unpaired) electrons. The molecule has 0 aliphatic carbocycles. The third-order valence-corrected chi connectivity index (χ3v) is 1.64. The van der Waals surface area contributed by atoms with Crippen LogP contribution in [0.2, 0.25) is 0 Å². The van der Waals surface area contributed by atoms with Gasteiger partial charge >= 0.3 is 5.97 Å². The third kappa shape index (κ3) is 4.56. The minimum Gasteiger partial charge on any atom is -0.481 e. The van der Waals surface area contributed by atoms with Crippen molar-refractivity contribution in [2.45, 2.75) is 19.4 Å². The Morgan fingerprint density at radius 3 is 2.73 bits per heavy atom. The van der Waals surface area contributed by atoms with Crippen LogP contribution in [-0.2, 0) is 4.79 Å². The van der Waals surface area contributed by atoms with Crippen molar-refractivity contribution in [1.82, 2.24) is 4.90 Å². The Labute approximate surface area is 67.3 Å². The second kappa shape index (κ2) is 4.91. The Bertz CT molecular complexity index is 145. The molecule has 0 amide bonds. The van der Waals surface area contributed by atoms with Crippen LogP contribution in [0.1, 0.15) is 13.3 Å². The molecule has 0 aliphatic heterocycles. The van der Waals surface area contributed by atoms with Gasteiger partial charge < -0.3 is 5.11 Å². The summed E-state index contributed by atoms with van der Waals surface area (Å²) in [4.78, 5) is 12.2. The van der Waals surface area contributed by atoms with E-state index in [9.17, 15) is 4.79 Å². The van der Waals surface area contributed by atoms with Crippen molar-refractivity contribution in [1.29, 1.82) is 0 Å². The van der Waals surface area contributed by atoms with Gasteiger partial charge in [-0.2, -0.15) is 0 Å². The number of aliphatic carboxylic acids is 1. The van der Waals surface area contributed by atoms with Crippen LogP contribution in [0.4, 0.5) is 0 Å². The van der Waals surface area contributed by atoms with Crippen molar-refractivity contribution in [3.8, 4) is 0 Å². The average Bonchev–Trinajstić information content (AvgIpc) is 1.86. The standard InChI is InChI=1S/C8H15NO2/c1-4-5-9(3)7(2)6-8(10)11/h4,7H,1,5-6H2,2-3H3,(H,10,11). The fraction of sp³-hybridized carbons (Fsp3) is 0.625. The summed E-state index contributed by atoms with van der Waals surface area (Å²) >= 11 is 0. The molecular weight excluding hydrogens is 142 g/mol. The van der Waals surface area contributed by atoms with E-state index >= 15 is 0 Å². The van der Waals surface area contributed by atoms with Crippen LogP contribution in [0.25, 0.3) is 0 Å². The number of hydrogen-bond donors (Lipinski definition) is 1. The summed E-state index contributed by atoms with van der Waals surface area (Å²) in [7, 11) is 1.88. The van der Waals surface area contributed by atoms with Crippen molar-refractivity contribution >= 4 is 5.97 Å². The van der Waals surface area contributed by atoms with Gasteiger partial charge in [0.15, 0.2) is 0 Å². The van der Waals surface area contributed by atoms with Crippen LogP contribution in [0.3, 0.4) is 0 Å². The van der Waals surface area contributed by atoms with Crippen molar-refractivity contribution in [2.75, 3.05) is 13.6 Å². The van der Waals surface area contributed by atoms with Crippen LogP contribution >= 0.6 is 0 Å². The zero-order valence-corrected chi connectivity index (χ0v) is 7.08. The molecule has 0 aromatic carbocycles. The highest BCUT2D eigenvalue weighted by molar-refractivity contribution is 5.67. The molecule has 0 aromatic rings. The largest absolute Gasteiger partial charge is 0.481 e. The number of carboxylic acids is 1. The van der Waals surface area contributed by atoms with E-state index in [2.05, 4.69) is 6.58 Å². The van der Waals surface area contributed by atoms with Crippen LogP contribution in [0.15, 0.2) is 12.7 Å². The van der Waals surface area contributed by atoms with E-state index in [0.29, 0.717) is 0 Å². The molecule has 1 atom stereocenters. The van der Waals surface area contributed by atoms with E-state index in [1.165, 1.54) is 0 Å². The normalized spacial score (nSPS) is 13.0. The van der Waals surface area contributed by atoms with Gasteiger partial charge in [-0.25, -0.2) is 0 Å². The second-order valence-corrected chi connectivity index (χ2v) is 2.68. The lowest BCUT2D eigenvalue weighted by molar-refractivity contribution is -0.138. The molecule has 3 heteroatoms. The Morgan fingerprint density at radius 1 is 1.82 bits per heavy atom. The summed E-state index contributed by atoms with van der Waals surface area (Å²) in [5.41, 5.74) is 0. The van der Waals surface area contributed by atoms with Crippen molar-refractivity contribution in [3.05, 3.63) is 12.7 Å². The minimum absolute atomic E-state index is 0.0745. The Kier molecular flexibility index (Phi) is 4.54. The van der Waals surface area contributed by atoms with E-state index in [-0.39, 0.29) is 12.5 Å². The number of carbonyl (C=O) groups is 1. The molecule has 0 saturated carbocycles. The summed E-state index contributed by atoms with van der Waals surface area (Å²) in [6.07, 6.45) is 1.95. The predicted octanol–water partition coefficient (Wildman–Crippen LogP) is 0.967. The van der Waals surface area contributed by atoms with Gasteiger partial charge in [-0.1, -0.05) is 6.08 Å². The molecule has 0 spiro atoms. The summed E-state index contributed by atoms with van der Waals surface area (Å²) < 4.78 is 0. The van der Waals surface area contributed by atoms with E-state index in [4.69, 9.17) is 5.11 Å². The zero-order chi connectivity index (χ0) is 8.85. The number of hydrogen-bond acceptors (Lipinski definition) is 2. The lowest BCUT2D eigenvalue weighted by Gasteiger charge is -2.21. The first kappa shape index (κ1) is 10.2. The van der Waals surface area contributed by atoms with Gasteiger partial charge in [0.05, 0.1) is 6.42 Å². The van der Waals surface area contributed by atoms with E-state index in [0.717, 1.165) is 6.54 Å². The molecule has 11 heavy (non-hydrogen) atoms. The summed E-state index contributed by atoms with van der Waals surface area (Å²) in [5, 5.41) is 8.45. The van der Waals surface area contributed by atoms with Gasteiger partial charge in [-0.05, 0) is 14.0 Å². The molecule has 3 nitrogen and oxygen atoms in total. The predicted molar refractivity (Wildman–Crippen MR) is 44.5 cm³/mol. The topological polar surface area (TPSA) is 40.5 Å². The SMILES string of the molecule is C=CCN(C)C(C)CC(=O)O. The molecule has 0 heterocycles. The second-order valence-electron chi connectivity index (χ2n) is 2.68. The lowest BCUT2D eigenvalue weighted by Crippen LogP contribution is -2.31. The fourth-order valence-electron chi connectivity index (χ4n) is 0.792. The first-order valence-electron chi connectivity index (χ1n) is 3.61. The highest BCUT2D eigenvalue weighted by atomic mass is 16.4. The molecule has 64 valence electrons. The lowest BCUT2D eigenvalue weighted by atomic mass is 10.2. The molecule has 0 fully saturated rings.